The molecular weight excluding hydrogens is 244 g/mol. The van der Waals surface area contributed by atoms with Crippen molar-refractivity contribution in [2.24, 2.45) is 10.2 Å². The molecule has 2 aromatic carbocycles. The van der Waals surface area contributed by atoms with E-state index in [-0.39, 0.29) is 0 Å². The molecule has 0 aromatic heterocycles. The summed E-state index contributed by atoms with van der Waals surface area (Å²) in [5, 5.41) is 8.37. The van der Waals surface area contributed by atoms with Gasteiger partial charge in [0.2, 0.25) is 0 Å². The molecule has 102 valence electrons. The third kappa shape index (κ3) is 3.21. The molecule has 0 saturated heterocycles. The molecule has 2 nitrogen and oxygen atoms in total. The molecular formula is C18H20N2. The summed E-state index contributed by atoms with van der Waals surface area (Å²) in [4.78, 5) is 0. The highest BCUT2D eigenvalue weighted by Crippen LogP contribution is 2.12. The lowest BCUT2D eigenvalue weighted by molar-refractivity contribution is 1.24. The fourth-order valence-electron chi connectivity index (χ4n) is 2.24. The summed E-state index contributed by atoms with van der Waals surface area (Å²) in [5.74, 6) is 0. The molecule has 0 aliphatic rings. The molecule has 0 N–H and O–H groups in total. The molecule has 2 aromatic rings. The van der Waals surface area contributed by atoms with Crippen molar-refractivity contribution >= 4 is 12.4 Å². The third-order valence-corrected chi connectivity index (χ3v) is 3.52. The van der Waals surface area contributed by atoms with Crippen LogP contribution in [0.25, 0.3) is 0 Å². The molecule has 0 radical (unpaired) electrons. The van der Waals surface area contributed by atoms with Crippen LogP contribution in [-0.4, -0.2) is 12.4 Å². The van der Waals surface area contributed by atoms with Crippen LogP contribution in [0.5, 0.6) is 0 Å². The quantitative estimate of drug-likeness (QED) is 0.581. The van der Waals surface area contributed by atoms with Gasteiger partial charge in [-0.1, -0.05) is 36.4 Å². The first-order valence-corrected chi connectivity index (χ1v) is 6.78. The van der Waals surface area contributed by atoms with Crippen molar-refractivity contribution in [1.82, 2.24) is 0 Å². The molecule has 0 heterocycles. The van der Waals surface area contributed by atoms with E-state index in [4.69, 9.17) is 0 Å². The fraction of sp³-hybridized carbons (Fsp3) is 0.222. The number of aryl methyl sites for hydroxylation is 4. The van der Waals surface area contributed by atoms with Crippen molar-refractivity contribution in [3.05, 3.63) is 69.8 Å². The highest BCUT2D eigenvalue weighted by molar-refractivity contribution is 5.86. The predicted molar refractivity (Wildman–Crippen MR) is 87.0 cm³/mol. The van der Waals surface area contributed by atoms with E-state index in [0.717, 1.165) is 11.1 Å². The Balaban J connectivity index is 2.20. The number of hydrogen-bond donors (Lipinski definition) is 0. The zero-order chi connectivity index (χ0) is 14.5. The van der Waals surface area contributed by atoms with Crippen molar-refractivity contribution in [3.63, 3.8) is 0 Å². The maximum absolute atomic E-state index is 4.19. The highest BCUT2D eigenvalue weighted by Gasteiger charge is 1.99. The Kier molecular flexibility index (Phi) is 4.46. The molecule has 0 bridgehead atoms. The first kappa shape index (κ1) is 14.2. The van der Waals surface area contributed by atoms with Crippen molar-refractivity contribution in [3.8, 4) is 0 Å². The molecule has 0 aliphatic carbocycles. The van der Waals surface area contributed by atoms with Crippen LogP contribution in [0.4, 0.5) is 0 Å². The number of rotatable bonds is 3. The second kappa shape index (κ2) is 6.29. The normalized spacial score (nSPS) is 11.6. The molecule has 2 heteroatoms. The van der Waals surface area contributed by atoms with Crippen molar-refractivity contribution in [2.45, 2.75) is 27.7 Å². The predicted octanol–water partition coefficient (Wildman–Crippen LogP) is 4.37. The second-order valence-corrected chi connectivity index (χ2v) is 5.10. The Bertz CT molecular complexity index is 567. The maximum atomic E-state index is 4.19. The molecule has 20 heavy (non-hydrogen) atoms. The lowest BCUT2D eigenvalue weighted by atomic mass is 10.0. The van der Waals surface area contributed by atoms with Gasteiger partial charge in [0.25, 0.3) is 0 Å². The molecule has 0 aliphatic heterocycles. The van der Waals surface area contributed by atoms with Crippen molar-refractivity contribution in [1.29, 1.82) is 0 Å². The van der Waals surface area contributed by atoms with Crippen LogP contribution in [0.3, 0.4) is 0 Å². The maximum Gasteiger partial charge on any atom is 0.0573 e. The van der Waals surface area contributed by atoms with E-state index in [2.05, 4.69) is 74.3 Å². The number of hydrogen-bond acceptors (Lipinski definition) is 2. The van der Waals surface area contributed by atoms with Crippen LogP contribution in [0.15, 0.2) is 46.6 Å². The summed E-state index contributed by atoms with van der Waals surface area (Å²) < 4.78 is 0. The van der Waals surface area contributed by atoms with Gasteiger partial charge in [-0.2, -0.15) is 10.2 Å². The zero-order valence-electron chi connectivity index (χ0n) is 12.5. The minimum absolute atomic E-state index is 1.14. The lowest BCUT2D eigenvalue weighted by Gasteiger charge is -2.03. The summed E-state index contributed by atoms with van der Waals surface area (Å²) in [7, 11) is 0. The molecule has 0 atom stereocenters. The Morgan fingerprint density at radius 2 is 0.900 bits per heavy atom. The fourth-order valence-corrected chi connectivity index (χ4v) is 2.24. The third-order valence-electron chi connectivity index (χ3n) is 3.52. The number of nitrogens with zero attached hydrogens (tertiary/aromatic N) is 2. The Morgan fingerprint density at radius 3 is 1.20 bits per heavy atom. The van der Waals surface area contributed by atoms with Crippen LogP contribution in [0, 0.1) is 27.7 Å². The van der Waals surface area contributed by atoms with Crippen LogP contribution in [0.1, 0.15) is 33.4 Å². The van der Waals surface area contributed by atoms with E-state index < -0.39 is 0 Å². The van der Waals surface area contributed by atoms with E-state index in [1.807, 2.05) is 12.4 Å². The SMILES string of the molecule is Cc1cccc(C)c1/C=N/N=C/c1c(C)cccc1C. The summed E-state index contributed by atoms with van der Waals surface area (Å²) in [6.45, 7) is 8.35. The van der Waals surface area contributed by atoms with Gasteiger partial charge >= 0.3 is 0 Å². The smallest absolute Gasteiger partial charge is 0.0573 e. The Labute approximate surface area is 120 Å². The topological polar surface area (TPSA) is 24.7 Å². The van der Waals surface area contributed by atoms with Crippen molar-refractivity contribution in [2.75, 3.05) is 0 Å². The van der Waals surface area contributed by atoms with Crippen LogP contribution in [-0.2, 0) is 0 Å². The van der Waals surface area contributed by atoms with Gasteiger partial charge < -0.3 is 0 Å². The average molecular weight is 264 g/mol. The van der Waals surface area contributed by atoms with E-state index in [0.29, 0.717) is 0 Å². The molecule has 2 rings (SSSR count). The minimum Gasteiger partial charge on any atom is -0.158 e. The minimum atomic E-state index is 1.14. The number of benzene rings is 2. The van der Waals surface area contributed by atoms with Crippen LogP contribution >= 0.6 is 0 Å². The van der Waals surface area contributed by atoms with Crippen LogP contribution in [0.2, 0.25) is 0 Å². The van der Waals surface area contributed by atoms with E-state index in [1.165, 1.54) is 22.3 Å². The van der Waals surface area contributed by atoms with E-state index in [9.17, 15) is 0 Å². The molecule has 0 spiro atoms. The lowest BCUT2D eigenvalue weighted by Crippen LogP contribution is -1.92. The monoisotopic (exact) mass is 264 g/mol. The summed E-state index contributed by atoms with van der Waals surface area (Å²) in [6.07, 6.45) is 3.66. The highest BCUT2D eigenvalue weighted by atomic mass is 15.2. The van der Waals surface area contributed by atoms with Gasteiger partial charge in [0.1, 0.15) is 0 Å². The molecule has 0 unspecified atom stereocenters. The standard InChI is InChI=1S/C18H20N2/c1-13-7-5-8-14(2)17(13)11-19-20-12-18-15(3)9-6-10-16(18)4/h5-12H,1-4H3/b19-11+,20-12+. The first-order valence-electron chi connectivity index (χ1n) is 6.78. The Hall–Kier alpha value is -2.22. The van der Waals surface area contributed by atoms with Gasteiger partial charge in [0, 0.05) is 11.1 Å². The summed E-state index contributed by atoms with van der Waals surface area (Å²) in [6, 6.07) is 12.5. The van der Waals surface area contributed by atoms with Gasteiger partial charge in [0.05, 0.1) is 12.4 Å². The Morgan fingerprint density at radius 1 is 0.600 bits per heavy atom. The van der Waals surface area contributed by atoms with Gasteiger partial charge in [-0.15, -0.1) is 0 Å². The zero-order valence-corrected chi connectivity index (χ0v) is 12.5. The van der Waals surface area contributed by atoms with Gasteiger partial charge in [0.15, 0.2) is 0 Å². The van der Waals surface area contributed by atoms with Gasteiger partial charge in [-0.05, 0) is 49.9 Å². The summed E-state index contributed by atoms with van der Waals surface area (Å²) in [5.41, 5.74) is 7.16. The first-order chi connectivity index (χ1) is 9.59. The van der Waals surface area contributed by atoms with Crippen molar-refractivity contribution < 1.29 is 0 Å². The summed E-state index contributed by atoms with van der Waals surface area (Å²) >= 11 is 0. The molecule has 0 fully saturated rings. The molecule has 0 saturated carbocycles. The van der Waals surface area contributed by atoms with Crippen LogP contribution < -0.4 is 0 Å². The molecule has 0 amide bonds. The van der Waals surface area contributed by atoms with Gasteiger partial charge in [-0.25, -0.2) is 0 Å². The van der Waals surface area contributed by atoms with E-state index in [1.54, 1.807) is 0 Å². The average Bonchev–Trinajstić information content (AvgIpc) is 2.40. The van der Waals surface area contributed by atoms with E-state index >= 15 is 0 Å². The largest absolute Gasteiger partial charge is 0.158 e. The van der Waals surface area contributed by atoms with Gasteiger partial charge in [-0.3, -0.25) is 0 Å². The second-order valence-electron chi connectivity index (χ2n) is 5.10.